The Kier molecular flexibility index (Phi) is 5.56. The Morgan fingerprint density at radius 2 is 1.58 bits per heavy atom. The van der Waals surface area contributed by atoms with Crippen molar-refractivity contribution in [1.29, 1.82) is 0 Å². The van der Waals surface area contributed by atoms with Crippen molar-refractivity contribution in [3.05, 3.63) is 73.0 Å². The topological polar surface area (TPSA) is 37.4 Å². The fourth-order valence-electron chi connectivity index (χ4n) is 2.33. The van der Waals surface area contributed by atoms with Gasteiger partial charge in [0.25, 0.3) is 0 Å². The number of benzene rings is 1. The van der Waals surface area contributed by atoms with Gasteiger partial charge in [0.1, 0.15) is 0 Å². The van der Waals surface area contributed by atoms with Gasteiger partial charge in [-0.2, -0.15) is 4.31 Å². The molecule has 3 rings (SSSR count). The van der Waals surface area contributed by atoms with Gasteiger partial charge < -0.3 is 0 Å². The molecule has 0 spiro atoms. The standard InChI is InChI=1S/C17H16BrNO2S3/c1-13-6-7-17(16(18)10-13)24(20,21)19(11-14-4-2-8-22-14)12-15-5-3-9-23-15/h2-10H,11-12H2,1H3. The lowest BCUT2D eigenvalue weighted by Crippen LogP contribution is -2.30. The molecular formula is C17H16BrNO2S3. The summed E-state index contributed by atoms with van der Waals surface area (Å²) in [5, 5.41) is 3.93. The van der Waals surface area contributed by atoms with Crippen LogP contribution in [0.2, 0.25) is 0 Å². The maximum atomic E-state index is 13.2. The number of thiophene rings is 2. The lowest BCUT2D eigenvalue weighted by molar-refractivity contribution is 0.406. The number of nitrogens with zero attached hydrogens (tertiary/aromatic N) is 1. The number of rotatable bonds is 6. The van der Waals surface area contributed by atoms with E-state index in [0.717, 1.165) is 15.3 Å². The molecule has 0 radical (unpaired) electrons. The third-order valence-electron chi connectivity index (χ3n) is 3.53. The van der Waals surface area contributed by atoms with Crippen LogP contribution >= 0.6 is 38.6 Å². The van der Waals surface area contributed by atoms with Gasteiger partial charge in [-0.25, -0.2) is 8.42 Å². The fourth-order valence-corrected chi connectivity index (χ4v) is 6.48. The number of aryl methyl sites for hydroxylation is 1. The highest BCUT2D eigenvalue weighted by molar-refractivity contribution is 9.10. The van der Waals surface area contributed by atoms with E-state index in [-0.39, 0.29) is 0 Å². The lowest BCUT2D eigenvalue weighted by atomic mass is 10.2. The van der Waals surface area contributed by atoms with Crippen molar-refractivity contribution < 1.29 is 8.42 Å². The number of hydrogen-bond acceptors (Lipinski definition) is 4. The van der Waals surface area contributed by atoms with Crippen LogP contribution in [-0.2, 0) is 23.1 Å². The second kappa shape index (κ2) is 7.49. The first kappa shape index (κ1) is 17.8. The van der Waals surface area contributed by atoms with Crippen molar-refractivity contribution >= 4 is 48.6 Å². The summed E-state index contributed by atoms with van der Waals surface area (Å²) in [6.45, 7) is 2.69. The summed E-state index contributed by atoms with van der Waals surface area (Å²) in [5.74, 6) is 0. The van der Waals surface area contributed by atoms with Crippen LogP contribution in [0.25, 0.3) is 0 Å². The van der Waals surface area contributed by atoms with Crippen molar-refractivity contribution in [3.63, 3.8) is 0 Å². The van der Waals surface area contributed by atoms with Crippen molar-refractivity contribution in [2.45, 2.75) is 24.9 Å². The highest BCUT2D eigenvalue weighted by atomic mass is 79.9. The van der Waals surface area contributed by atoms with E-state index in [0.29, 0.717) is 22.5 Å². The second-order valence-corrected chi connectivity index (χ2v) is 10.2. The number of hydrogen-bond donors (Lipinski definition) is 0. The molecule has 1 aromatic carbocycles. The van der Waals surface area contributed by atoms with Crippen LogP contribution in [0, 0.1) is 6.92 Å². The summed E-state index contributed by atoms with van der Waals surface area (Å²) in [5.41, 5.74) is 1.02. The van der Waals surface area contributed by atoms with Crippen LogP contribution in [0.3, 0.4) is 0 Å². The Balaban J connectivity index is 1.99. The van der Waals surface area contributed by atoms with Gasteiger partial charge in [0.2, 0.25) is 10.0 Å². The molecule has 0 N–H and O–H groups in total. The van der Waals surface area contributed by atoms with E-state index in [9.17, 15) is 8.42 Å². The molecule has 0 fully saturated rings. The zero-order valence-electron chi connectivity index (χ0n) is 13.0. The molecule has 0 saturated heterocycles. The highest BCUT2D eigenvalue weighted by Crippen LogP contribution is 2.29. The SMILES string of the molecule is Cc1ccc(S(=O)(=O)N(Cc2cccs2)Cc2cccs2)c(Br)c1. The van der Waals surface area contributed by atoms with Crippen molar-refractivity contribution in [1.82, 2.24) is 4.31 Å². The van der Waals surface area contributed by atoms with E-state index in [1.54, 1.807) is 33.0 Å². The molecule has 0 aliphatic heterocycles. The summed E-state index contributed by atoms with van der Waals surface area (Å²) >= 11 is 6.54. The highest BCUT2D eigenvalue weighted by Gasteiger charge is 2.27. The quantitative estimate of drug-likeness (QED) is 0.522. The lowest BCUT2D eigenvalue weighted by Gasteiger charge is -2.22. The average molecular weight is 442 g/mol. The minimum atomic E-state index is -3.60. The number of sulfonamides is 1. The Bertz CT molecular complexity index is 867. The molecule has 0 unspecified atom stereocenters. The molecule has 0 aliphatic carbocycles. The van der Waals surface area contributed by atoms with Gasteiger partial charge in [-0.15, -0.1) is 22.7 Å². The van der Waals surface area contributed by atoms with Gasteiger partial charge in [-0.3, -0.25) is 0 Å². The molecule has 0 amide bonds. The average Bonchev–Trinajstić information content (AvgIpc) is 3.19. The first-order valence-corrected chi connectivity index (χ1v) is 11.3. The molecular weight excluding hydrogens is 426 g/mol. The largest absolute Gasteiger partial charge is 0.244 e. The first-order chi connectivity index (χ1) is 11.5. The van der Waals surface area contributed by atoms with Crippen molar-refractivity contribution in [2.75, 3.05) is 0 Å². The molecule has 0 saturated carbocycles. The summed E-state index contributed by atoms with van der Waals surface area (Å²) in [6, 6.07) is 13.1. The number of halogens is 1. The molecule has 3 aromatic rings. The van der Waals surface area contributed by atoms with E-state index in [1.165, 1.54) is 0 Å². The Morgan fingerprint density at radius 1 is 1.00 bits per heavy atom. The smallest absolute Gasteiger partial charge is 0.207 e. The van der Waals surface area contributed by atoms with Crippen LogP contribution in [0.15, 0.2) is 62.6 Å². The van der Waals surface area contributed by atoms with Gasteiger partial charge in [-0.1, -0.05) is 18.2 Å². The Labute approximate surface area is 158 Å². The summed E-state index contributed by atoms with van der Waals surface area (Å²) in [7, 11) is -3.60. The van der Waals surface area contributed by atoms with E-state index in [2.05, 4.69) is 15.9 Å². The zero-order valence-corrected chi connectivity index (χ0v) is 17.0. The molecule has 0 bridgehead atoms. The fraction of sp³-hybridized carbons (Fsp3) is 0.176. The monoisotopic (exact) mass is 441 g/mol. The molecule has 0 aliphatic rings. The van der Waals surface area contributed by atoms with E-state index < -0.39 is 10.0 Å². The van der Waals surface area contributed by atoms with Crippen LogP contribution in [0.5, 0.6) is 0 Å². The third-order valence-corrected chi connectivity index (χ3v) is 8.02. The van der Waals surface area contributed by atoms with Crippen molar-refractivity contribution in [2.24, 2.45) is 0 Å². The normalized spacial score (nSPS) is 12.0. The van der Waals surface area contributed by atoms with Crippen LogP contribution < -0.4 is 0 Å². The summed E-state index contributed by atoms with van der Waals surface area (Å²) < 4.78 is 28.6. The van der Waals surface area contributed by atoms with Gasteiger partial charge in [-0.05, 0) is 63.4 Å². The maximum absolute atomic E-state index is 13.2. The minimum absolute atomic E-state index is 0.307. The third kappa shape index (κ3) is 3.97. The summed E-state index contributed by atoms with van der Waals surface area (Å²) in [6.07, 6.45) is 0. The molecule has 2 aromatic heterocycles. The molecule has 3 nitrogen and oxygen atoms in total. The van der Waals surface area contributed by atoms with E-state index >= 15 is 0 Å². The molecule has 0 atom stereocenters. The predicted molar refractivity (Wildman–Crippen MR) is 104 cm³/mol. The van der Waals surface area contributed by atoms with Crippen LogP contribution in [0.4, 0.5) is 0 Å². The van der Waals surface area contributed by atoms with Gasteiger partial charge >= 0.3 is 0 Å². The van der Waals surface area contributed by atoms with E-state index in [4.69, 9.17) is 0 Å². The first-order valence-electron chi connectivity index (χ1n) is 7.28. The molecule has 2 heterocycles. The second-order valence-electron chi connectivity index (χ2n) is 5.37. The maximum Gasteiger partial charge on any atom is 0.244 e. The van der Waals surface area contributed by atoms with Crippen LogP contribution in [0.1, 0.15) is 15.3 Å². The predicted octanol–water partition coefficient (Wildman–Crippen LogP) is 5.27. The molecule has 7 heteroatoms. The minimum Gasteiger partial charge on any atom is -0.207 e. The molecule has 24 heavy (non-hydrogen) atoms. The van der Waals surface area contributed by atoms with Gasteiger partial charge in [0, 0.05) is 27.3 Å². The molecule has 126 valence electrons. The van der Waals surface area contributed by atoms with Crippen LogP contribution in [-0.4, -0.2) is 12.7 Å². The van der Waals surface area contributed by atoms with Gasteiger partial charge in [0.05, 0.1) is 4.90 Å². The van der Waals surface area contributed by atoms with Crippen molar-refractivity contribution in [3.8, 4) is 0 Å². The zero-order chi connectivity index (χ0) is 17.2. The summed E-state index contributed by atoms with van der Waals surface area (Å²) in [4.78, 5) is 2.36. The van der Waals surface area contributed by atoms with Gasteiger partial charge in [0.15, 0.2) is 0 Å². The Morgan fingerprint density at radius 3 is 2.04 bits per heavy atom. The Hall–Kier alpha value is -0.990. The van der Waals surface area contributed by atoms with E-state index in [1.807, 2.05) is 54.1 Å².